The largest absolute Gasteiger partial charge is 0.444 e. The van der Waals surface area contributed by atoms with Crippen molar-refractivity contribution in [3.05, 3.63) is 52.7 Å². The Bertz CT molecular complexity index is 738. The van der Waals surface area contributed by atoms with E-state index in [0.29, 0.717) is 12.4 Å². The number of hydrogen-bond donors (Lipinski definition) is 2. The standard InChI is InChI=1S/C22H33N5O/c1-17-18(2)28-21(26-17)15-25-22(23-3)24-14-19-8-10-20(11-9-19)16-27-12-6-4-5-7-13-27/h8-11H,4-7,12-16H2,1-3H3,(H2,23,24,25). The average molecular weight is 384 g/mol. The first-order valence-electron chi connectivity index (χ1n) is 10.3. The van der Waals surface area contributed by atoms with Gasteiger partial charge in [0.1, 0.15) is 5.76 Å². The molecule has 1 aliphatic rings. The summed E-state index contributed by atoms with van der Waals surface area (Å²) < 4.78 is 5.59. The second-order valence-electron chi connectivity index (χ2n) is 7.54. The summed E-state index contributed by atoms with van der Waals surface area (Å²) >= 11 is 0. The molecule has 28 heavy (non-hydrogen) atoms. The van der Waals surface area contributed by atoms with Crippen molar-refractivity contribution in [2.75, 3.05) is 20.1 Å². The lowest BCUT2D eigenvalue weighted by Crippen LogP contribution is -2.36. The van der Waals surface area contributed by atoms with Gasteiger partial charge in [0, 0.05) is 20.1 Å². The third-order valence-electron chi connectivity index (χ3n) is 5.29. The number of aliphatic imine (C=N–C) groups is 1. The van der Waals surface area contributed by atoms with E-state index in [2.05, 4.69) is 49.8 Å². The molecular weight excluding hydrogens is 350 g/mol. The molecule has 0 spiro atoms. The Morgan fingerprint density at radius 2 is 1.64 bits per heavy atom. The molecule has 0 atom stereocenters. The Balaban J connectivity index is 1.45. The number of rotatable bonds is 6. The maximum Gasteiger partial charge on any atom is 0.214 e. The lowest BCUT2D eigenvalue weighted by molar-refractivity contribution is 0.277. The van der Waals surface area contributed by atoms with Crippen molar-refractivity contribution in [1.29, 1.82) is 0 Å². The van der Waals surface area contributed by atoms with Crippen molar-refractivity contribution in [2.24, 2.45) is 4.99 Å². The highest BCUT2D eigenvalue weighted by Gasteiger charge is 2.10. The number of aryl methyl sites for hydroxylation is 2. The predicted octanol–water partition coefficient (Wildman–Crippen LogP) is 3.53. The molecule has 2 N–H and O–H groups in total. The van der Waals surface area contributed by atoms with Crippen LogP contribution in [-0.2, 0) is 19.6 Å². The molecule has 0 bridgehead atoms. The van der Waals surface area contributed by atoms with Crippen LogP contribution in [0.3, 0.4) is 0 Å². The fraction of sp³-hybridized carbons (Fsp3) is 0.545. The molecule has 0 aliphatic carbocycles. The van der Waals surface area contributed by atoms with Crippen LogP contribution in [0.25, 0.3) is 0 Å². The van der Waals surface area contributed by atoms with E-state index in [-0.39, 0.29) is 0 Å². The van der Waals surface area contributed by atoms with Crippen LogP contribution in [0.5, 0.6) is 0 Å². The van der Waals surface area contributed by atoms with Gasteiger partial charge < -0.3 is 15.1 Å². The Labute approximate surface area is 168 Å². The topological polar surface area (TPSA) is 65.7 Å². The third-order valence-corrected chi connectivity index (χ3v) is 5.29. The fourth-order valence-electron chi connectivity index (χ4n) is 3.50. The zero-order valence-electron chi connectivity index (χ0n) is 17.4. The zero-order chi connectivity index (χ0) is 19.8. The molecule has 2 heterocycles. The molecule has 1 saturated heterocycles. The smallest absolute Gasteiger partial charge is 0.214 e. The molecule has 6 nitrogen and oxygen atoms in total. The van der Waals surface area contributed by atoms with E-state index < -0.39 is 0 Å². The second kappa shape index (κ2) is 10.3. The van der Waals surface area contributed by atoms with Gasteiger partial charge in [0.2, 0.25) is 5.89 Å². The Hall–Kier alpha value is -2.34. The number of guanidine groups is 1. The third kappa shape index (κ3) is 6.09. The summed E-state index contributed by atoms with van der Waals surface area (Å²) in [4.78, 5) is 11.2. The molecule has 1 aliphatic heterocycles. The lowest BCUT2D eigenvalue weighted by atomic mass is 10.1. The first-order chi connectivity index (χ1) is 13.6. The van der Waals surface area contributed by atoms with Gasteiger partial charge in [0.05, 0.1) is 12.2 Å². The van der Waals surface area contributed by atoms with Crippen LogP contribution < -0.4 is 10.6 Å². The van der Waals surface area contributed by atoms with Crippen LogP contribution in [0, 0.1) is 13.8 Å². The molecule has 0 unspecified atom stereocenters. The minimum absolute atomic E-state index is 0.517. The summed E-state index contributed by atoms with van der Waals surface area (Å²) in [6.07, 6.45) is 5.43. The van der Waals surface area contributed by atoms with Crippen molar-refractivity contribution >= 4 is 5.96 Å². The fourth-order valence-corrected chi connectivity index (χ4v) is 3.50. The van der Waals surface area contributed by atoms with E-state index in [1.165, 1.54) is 49.9 Å². The number of benzene rings is 1. The van der Waals surface area contributed by atoms with E-state index in [0.717, 1.165) is 30.5 Å². The van der Waals surface area contributed by atoms with Crippen LogP contribution in [0.2, 0.25) is 0 Å². The predicted molar refractivity (Wildman–Crippen MR) is 113 cm³/mol. The number of oxazole rings is 1. The molecular formula is C22H33N5O. The molecule has 3 rings (SSSR count). The summed E-state index contributed by atoms with van der Waals surface area (Å²) in [5, 5.41) is 6.59. The number of hydrogen-bond acceptors (Lipinski definition) is 4. The Morgan fingerprint density at radius 3 is 2.25 bits per heavy atom. The van der Waals surface area contributed by atoms with Gasteiger partial charge in [-0.2, -0.15) is 0 Å². The van der Waals surface area contributed by atoms with Crippen molar-refractivity contribution in [3.63, 3.8) is 0 Å². The second-order valence-corrected chi connectivity index (χ2v) is 7.54. The van der Waals surface area contributed by atoms with Crippen molar-refractivity contribution in [2.45, 2.75) is 59.2 Å². The SMILES string of the molecule is CN=C(NCc1ccc(CN2CCCCCC2)cc1)NCc1nc(C)c(C)o1. The molecule has 0 radical (unpaired) electrons. The minimum Gasteiger partial charge on any atom is -0.444 e. The van der Waals surface area contributed by atoms with Gasteiger partial charge >= 0.3 is 0 Å². The van der Waals surface area contributed by atoms with Gasteiger partial charge in [-0.05, 0) is 50.9 Å². The van der Waals surface area contributed by atoms with Gasteiger partial charge in [-0.25, -0.2) is 4.98 Å². The molecule has 0 saturated carbocycles. The summed E-state index contributed by atoms with van der Waals surface area (Å²) in [6.45, 7) is 8.65. The molecule has 1 aromatic heterocycles. The number of likely N-dealkylation sites (tertiary alicyclic amines) is 1. The highest BCUT2D eigenvalue weighted by molar-refractivity contribution is 5.79. The van der Waals surface area contributed by atoms with Crippen LogP contribution in [0.15, 0.2) is 33.7 Å². The number of nitrogens with one attached hydrogen (secondary N) is 2. The van der Waals surface area contributed by atoms with Gasteiger partial charge in [-0.15, -0.1) is 0 Å². The maximum atomic E-state index is 5.59. The van der Waals surface area contributed by atoms with Crippen LogP contribution in [0.4, 0.5) is 0 Å². The zero-order valence-corrected chi connectivity index (χ0v) is 17.4. The molecule has 6 heteroatoms. The first-order valence-corrected chi connectivity index (χ1v) is 10.3. The average Bonchev–Trinajstić information content (AvgIpc) is 2.88. The maximum absolute atomic E-state index is 5.59. The Morgan fingerprint density at radius 1 is 1.00 bits per heavy atom. The van der Waals surface area contributed by atoms with Gasteiger partial charge in [0.15, 0.2) is 5.96 Å². The van der Waals surface area contributed by atoms with E-state index in [1.54, 1.807) is 7.05 Å². The molecule has 2 aromatic rings. The minimum atomic E-state index is 0.517. The lowest BCUT2D eigenvalue weighted by Gasteiger charge is -2.20. The molecule has 0 amide bonds. The van der Waals surface area contributed by atoms with E-state index in [4.69, 9.17) is 4.42 Å². The Kier molecular flexibility index (Phi) is 7.48. The van der Waals surface area contributed by atoms with Crippen molar-refractivity contribution in [1.82, 2.24) is 20.5 Å². The van der Waals surface area contributed by atoms with Gasteiger partial charge in [-0.1, -0.05) is 37.1 Å². The van der Waals surface area contributed by atoms with Crippen molar-refractivity contribution in [3.8, 4) is 0 Å². The van der Waals surface area contributed by atoms with E-state index >= 15 is 0 Å². The van der Waals surface area contributed by atoms with E-state index in [1.807, 2.05) is 13.8 Å². The highest BCUT2D eigenvalue weighted by atomic mass is 16.4. The number of nitrogens with zero attached hydrogens (tertiary/aromatic N) is 3. The summed E-state index contributed by atoms with van der Waals surface area (Å²) in [7, 11) is 1.77. The summed E-state index contributed by atoms with van der Waals surface area (Å²) in [5.41, 5.74) is 3.56. The number of aromatic nitrogens is 1. The van der Waals surface area contributed by atoms with Gasteiger partial charge in [0.25, 0.3) is 0 Å². The van der Waals surface area contributed by atoms with Crippen LogP contribution in [-0.4, -0.2) is 36.0 Å². The summed E-state index contributed by atoms with van der Waals surface area (Å²) in [5.74, 6) is 2.28. The van der Waals surface area contributed by atoms with Crippen LogP contribution in [0.1, 0.15) is 54.2 Å². The van der Waals surface area contributed by atoms with Gasteiger partial charge in [-0.3, -0.25) is 9.89 Å². The molecule has 152 valence electrons. The first kappa shape index (κ1) is 20.4. The molecule has 1 aromatic carbocycles. The summed E-state index contributed by atoms with van der Waals surface area (Å²) in [6, 6.07) is 8.90. The van der Waals surface area contributed by atoms with Crippen LogP contribution >= 0.6 is 0 Å². The van der Waals surface area contributed by atoms with E-state index in [9.17, 15) is 0 Å². The molecule has 1 fully saturated rings. The quantitative estimate of drug-likeness (QED) is 0.590. The van der Waals surface area contributed by atoms with Crippen molar-refractivity contribution < 1.29 is 4.42 Å². The normalized spacial score (nSPS) is 16.0. The monoisotopic (exact) mass is 383 g/mol. The highest BCUT2D eigenvalue weighted by Crippen LogP contribution is 2.14.